The zero-order valence-corrected chi connectivity index (χ0v) is 11.4. The third-order valence-electron chi connectivity index (χ3n) is 3.62. The summed E-state index contributed by atoms with van der Waals surface area (Å²) < 4.78 is 4.63. The molecule has 1 unspecified atom stereocenters. The molecule has 1 aliphatic rings. The number of rotatable bonds is 3. The number of esters is 1. The summed E-state index contributed by atoms with van der Waals surface area (Å²) in [4.78, 5) is 21.7. The third-order valence-corrected chi connectivity index (χ3v) is 3.62. The van der Waals surface area contributed by atoms with Crippen LogP contribution in [-0.2, 0) is 4.74 Å². The first kappa shape index (κ1) is 13.7. The molecule has 6 heteroatoms. The van der Waals surface area contributed by atoms with Gasteiger partial charge in [-0.2, -0.15) is 0 Å². The predicted octanol–water partition coefficient (Wildman–Crippen LogP) is 0.827. The molecule has 1 saturated heterocycles. The molecule has 1 aliphatic heterocycles. The SMILES string of the molecule is COC(=O)c1nccc(N2CCC(C(C)N)CC2)n1. The number of piperidine rings is 1. The zero-order valence-electron chi connectivity index (χ0n) is 11.4. The second-order valence-electron chi connectivity index (χ2n) is 4.91. The molecule has 0 spiro atoms. The van der Waals surface area contributed by atoms with Gasteiger partial charge < -0.3 is 15.4 Å². The van der Waals surface area contributed by atoms with Gasteiger partial charge >= 0.3 is 5.97 Å². The van der Waals surface area contributed by atoms with Crippen molar-refractivity contribution >= 4 is 11.8 Å². The number of nitrogens with zero attached hydrogens (tertiary/aromatic N) is 3. The molecule has 19 heavy (non-hydrogen) atoms. The van der Waals surface area contributed by atoms with Gasteiger partial charge in [-0.3, -0.25) is 0 Å². The highest BCUT2D eigenvalue weighted by atomic mass is 16.5. The number of methoxy groups -OCH3 is 1. The van der Waals surface area contributed by atoms with E-state index in [-0.39, 0.29) is 11.9 Å². The first-order chi connectivity index (χ1) is 9.11. The molecule has 2 heterocycles. The number of nitrogens with two attached hydrogens (primary N) is 1. The maximum absolute atomic E-state index is 11.4. The number of hydrogen-bond donors (Lipinski definition) is 1. The van der Waals surface area contributed by atoms with Crippen LogP contribution in [0.25, 0.3) is 0 Å². The van der Waals surface area contributed by atoms with E-state index in [1.165, 1.54) is 7.11 Å². The number of anilines is 1. The van der Waals surface area contributed by atoms with Crippen molar-refractivity contribution in [1.29, 1.82) is 0 Å². The number of carbonyl (C=O) groups is 1. The molecule has 104 valence electrons. The van der Waals surface area contributed by atoms with Crippen LogP contribution in [0, 0.1) is 5.92 Å². The lowest BCUT2D eigenvalue weighted by Gasteiger charge is -2.34. The molecule has 0 amide bonds. The molecule has 0 bridgehead atoms. The fourth-order valence-electron chi connectivity index (χ4n) is 2.37. The van der Waals surface area contributed by atoms with Gasteiger partial charge in [-0.25, -0.2) is 14.8 Å². The standard InChI is InChI=1S/C13H20N4O2/c1-9(14)10-4-7-17(8-5-10)11-3-6-15-12(16-11)13(18)19-2/h3,6,9-10H,4-5,7-8,14H2,1-2H3. The van der Waals surface area contributed by atoms with Crippen LogP contribution >= 0.6 is 0 Å². The van der Waals surface area contributed by atoms with Crippen molar-refractivity contribution in [3.8, 4) is 0 Å². The van der Waals surface area contributed by atoms with E-state index < -0.39 is 5.97 Å². The summed E-state index contributed by atoms with van der Waals surface area (Å²) in [5.41, 5.74) is 5.93. The summed E-state index contributed by atoms with van der Waals surface area (Å²) in [6.07, 6.45) is 3.69. The van der Waals surface area contributed by atoms with Gasteiger partial charge in [-0.1, -0.05) is 0 Å². The van der Waals surface area contributed by atoms with E-state index in [9.17, 15) is 4.79 Å². The van der Waals surface area contributed by atoms with E-state index in [2.05, 4.69) is 26.5 Å². The molecule has 6 nitrogen and oxygen atoms in total. The van der Waals surface area contributed by atoms with Gasteiger partial charge in [-0.05, 0) is 31.7 Å². The van der Waals surface area contributed by atoms with Crippen molar-refractivity contribution in [1.82, 2.24) is 9.97 Å². The third kappa shape index (κ3) is 3.20. The van der Waals surface area contributed by atoms with E-state index in [1.807, 2.05) is 6.07 Å². The zero-order chi connectivity index (χ0) is 13.8. The minimum Gasteiger partial charge on any atom is -0.463 e. The lowest BCUT2D eigenvalue weighted by molar-refractivity contribution is 0.0586. The molecule has 1 aromatic rings. The Kier molecular flexibility index (Phi) is 4.31. The lowest BCUT2D eigenvalue weighted by atomic mass is 9.91. The van der Waals surface area contributed by atoms with Gasteiger partial charge in [-0.15, -0.1) is 0 Å². The van der Waals surface area contributed by atoms with Crippen molar-refractivity contribution in [3.63, 3.8) is 0 Å². The fourth-order valence-corrected chi connectivity index (χ4v) is 2.37. The predicted molar refractivity (Wildman–Crippen MR) is 72.0 cm³/mol. The first-order valence-corrected chi connectivity index (χ1v) is 6.53. The molecule has 0 aromatic carbocycles. The molecular weight excluding hydrogens is 244 g/mol. The van der Waals surface area contributed by atoms with Crippen LogP contribution in [0.2, 0.25) is 0 Å². The van der Waals surface area contributed by atoms with Crippen LogP contribution in [0.4, 0.5) is 5.82 Å². The van der Waals surface area contributed by atoms with Gasteiger partial charge in [0, 0.05) is 25.3 Å². The number of carbonyl (C=O) groups excluding carboxylic acids is 1. The Hall–Kier alpha value is -1.69. The van der Waals surface area contributed by atoms with Crippen molar-refractivity contribution in [2.24, 2.45) is 11.7 Å². The van der Waals surface area contributed by atoms with Crippen molar-refractivity contribution in [3.05, 3.63) is 18.1 Å². The molecule has 1 fully saturated rings. The van der Waals surface area contributed by atoms with Crippen LogP contribution < -0.4 is 10.6 Å². The molecule has 1 aromatic heterocycles. The smallest absolute Gasteiger partial charge is 0.376 e. The minimum absolute atomic E-state index is 0.106. The van der Waals surface area contributed by atoms with Crippen LogP contribution in [0.1, 0.15) is 30.4 Å². The molecule has 0 saturated carbocycles. The van der Waals surface area contributed by atoms with E-state index >= 15 is 0 Å². The minimum atomic E-state index is -0.507. The topological polar surface area (TPSA) is 81.3 Å². The van der Waals surface area contributed by atoms with Crippen LogP contribution in [0.15, 0.2) is 12.3 Å². The van der Waals surface area contributed by atoms with Gasteiger partial charge in [0.05, 0.1) is 7.11 Å². The second-order valence-corrected chi connectivity index (χ2v) is 4.91. The van der Waals surface area contributed by atoms with E-state index in [0.717, 1.165) is 31.7 Å². The summed E-state index contributed by atoms with van der Waals surface area (Å²) in [6.45, 7) is 3.87. The monoisotopic (exact) mass is 264 g/mol. The van der Waals surface area contributed by atoms with Crippen LogP contribution in [0.3, 0.4) is 0 Å². The van der Waals surface area contributed by atoms with Gasteiger partial charge in [0.25, 0.3) is 0 Å². The summed E-state index contributed by atoms with van der Waals surface area (Å²) >= 11 is 0. The van der Waals surface area contributed by atoms with E-state index in [0.29, 0.717) is 5.92 Å². The highest BCUT2D eigenvalue weighted by Crippen LogP contribution is 2.23. The van der Waals surface area contributed by atoms with E-state index in [1.54, 1.807) is 6.20 Å². The maximum atomic E-state index is 11.4. The highest BCUT2D eigenvalue weighted by Gasteiger charge is 2.23. The Morgan fingerprint density at radius 1 is 1.53 bits per heavy atom. The second kappa shape index (κ2) is 5.97. The number of ether oxygens (including phenoxy) is 1. The van der Waals surface area contributed by atoms with Crippen molar-refractivity contribution in [2.75, 3.05) is 25.1 Å². The Morgan fingerprint density at radius 2 is 2.21 bits per heavy atom. The maximum Gasteiger partial charge on any atom is 0.376 e. The van der Waals surface area contributed by atoms with Crippen LogP contribution in [-0.4, -0.2) is 42.2 Å². The number of aromatic nitrogens is 2. The van der Waals surface area contributed by atoms with Crippen molar-refractivity contribution < 1.29 is 9.53 Å². The molecule has 0 radical (unpaired) electrons. The molecule has 0 aliphatic carbocycles. The highest BCUT2D eigenvalue weighted by molar-refractivity contribution is 5.85. The molecule has 1 atom stereocenters. The molecule has 2 N–H and O–H groups in total. The Balaban J connectivity index is 2.05. The first-order valence-electron chi connectivity index (χ1n) is 6.53. The Bertz CT molecular complexity index is 442. The normalized spacial score (nSPS) is 18.2. The van der Waals surface area contributed by atoms with E-state index in [4.69, 9.17) is 5.73 Å². The fraction of sp³-hybridized carbons (Fsp3) is 0.615. The average molecular weight is 264 g/mol. The van der Waals surface area contributed by atoms with Gasteiger partial charge in [0.15, 0.2) is 0 Å². The molecular formula is C13H20N4O2. The van der Waals surface area contributed by atoms with Gasteiger partial charge in [0.1, 0.15) is 5.82 Å². The Labute approximate surface area is 113 Å². The van der Waals surface area contributed by atoms with Crippen molar-refractivity contribution in [2.45, 2.75) is 25.8 Å². The Morgan fingerprint density at radius 3 is 2.79 bits per heavy atom. The quantitative estimate of drug-likeness (QED) is 0.814. The van der Waals surface area contributed by atoms with Crippen LogP contribution in [0.5, 0.6) is 0 Å². The number of hydrogen-bond acceptors (Lipinski definition) is 6. The largest absolute Gasteiger partial charge is 0.463 e. The summed E-state index contributed by atoms with van der Waals surface area (Å²) in [5.74, 6) is 0.943. The van der Waals surface area contributed by atoms with Gasteiger partial charge in [0.2, 0.25) is 5.82 Å². The molecule has 2 rings (SSSR count). The summed E-state index contributed by atoms with van der Waals surface area (Å²) in [7, 11) is 1.33. The summed E-state index contributed by atoms with van der Waals surface area (Å²) in [6, 6.07) is 2.05. The lowest BCUT2D eigenvalue weighted by Crippen LogP contribution is -2.40. The average Bonchev–Trinajstić information content (AvgIpc) is 2.46. The summed E-state index contributed by atoms with van der Waals surface area (Å²) in [5, 5.41) is 0.